The number of nitriles is 1. The van der Waals surface area contributed by atoms with E-state index in [0.717, 1.165) is 17.7 Å². The highest BCUT2D eigenvalue weighted by molar-refractivity contribution is 5.27. The first-order chi connectivity index (χ1) is 9.20. The maximum absolute atomic E-state index is 13.6. The number of hydrogen-bond acceptors (Lipinski definition) is 2. The second-order valence-electron chi connectivity index (χ2n) is 4.09. The van der Waals surface area contributed by atoms with Crippen LogP contribution in [0.3, 0.4) is 0 Å². The third-order valence-corrected chi connectivity index (χ3v) is 2.76. The fourth-order valence-electron chi connectivity index (χ4n) is 1.78. The molecule has 96 valence electrons. The van der Waals surface area contributed by atoms with Gasteiger partial charge in [0.05, 0.1) is 6.07 Å². The van der Waals surface area contributed by atoms with Gasteiger partial charge in [-0.3, -0.25) is 5.32 Å². The molecule has 4 heteroatoms. The quantitative estimate of drug-likeness (QED) is 0.913. The molecule has 19 heavy (non-hydrogen) atoms. The molecule has 0 heterocycles. The number of nitrogens with zero attached hydrogens (tertiary/aromatic N) is 1. The predicted octanol–water partition coefficient (Wildman–Crippen LogP) is 3.32. The summed E-state index contributed by atoms with van der Waals surface area (Å²) in [5.41, 5.74) is 1.14. The zero-order valence-corrected chi connectivity index (χ0v) is 10.1. The van der Waals surface area contributed by atoms with Crippen molar-refractivity contribution >= 4 is 0 Å². The Bertz CT molecular complexity index is 591. The lowest BCUT2D eigenvalue weighted by Crippen LogP contribution is -2.20. The molecule has 0 fully saturated rings. The van der Waals surface area contributed by atoms with Crippen LogP contribution in [0, 0.1) is 23.0 Å². The molecule has 1 unspecified atom stereocenters. The van der Waals surface area contributed by atoms with Gasteiger partial charge in [0.15, 0.2) is 0 Å². The lowest BCUT2D eigenvalue weighted by atomic mass is 10.1. The predicted molar refractivity (Wildman–Crippen MR) is 68.0 cm³/mol. The Morgan fingerprint density at radius 3 is 2.47 bits per heavy atom. The Hall–Kier alpha value is -2.25. The van der Waals surface area contributed by atoms with Crippen molar-refractivity contribution in [3.8, 4) is 6.07 Å². The molecular weight excluding hydrogens is 246 g/mol. The van der Waals surface area contributed by atoms with Crippen molar-refractivity contribution in [2.24, 2.45) is 0 Å². The largest absolute Gasteiger partial charge is 0.294 e. The topological polar surface area (TPSA) is 35.8 Å². The number of hydrogen-bond donors (Lipinski definition) is 1. The van der Waals surface area contributed by atoms with E-state index >= 15 is 0 Å². The van der Waals surface area contributed by atoms with E-state index in [1.165, 1.54) is 6.07 Å². The molecule has 0 aliphatic heterocycles. The van der Waals surface area contributed by atoms with E-state index in [4.69, 9.17) is 5.26 Å². The molecule has 0 bridgehead atoms. The van der Waals surface area contributed by atoms with Gasteiger partial charge in [0, 0.05) is 18.2 Å². The molecule has 0 aromatic heterocycles. The maximum atomic E-state index is 13.6. The van der Waals surface area contributed by atoms with E-state index in [9.17, 15) is 8.78 Å². The molecule has 0 spiro atoms. The van der Waals surface area contributed by atoms with Crippen LogP contribution in [0.2, 0.25) is 0 Å². The van der Waals surface area contributed by atoms with Gasteiger partial charge >= 0.3 is 0 Å². The highest BCUT2D eigenvalue weighted by Crippen LogP contribution is 2.18. The third kappa shape index (κ3) is 3.36. The summed E-state index contributed by atoms with van der Waals surface area (Å²) in [6.45, 7) is 0.440. The van der Waals surface area contributed by atoms with E-state index < -0.39 is 17.7 Å². The van der Waals surface area contributed by atoms with Crippen molar-refractivity contribution in [2.75, 3.05) is 0 Å². The molecule has 1 N–H and O–H groups in total. The summed E-state index contributed by atoms with van der Waals surface area (Å²) in [5.74, 6) is -1.37. The van der Waals surface area contributed by atoms with Crippen LogP contribution in [0.5, 0.6) is 0 Å². The zero-order chi connectivity index (χ0) is 13.7. The maximum Gasteiger partial charge on any atom is 0.131 e. The molecule has 2 nitrogen and oxygen atoms in total. The minimum atomic E-state index is -0.805. The summed E-state index contributed by atoms with van der Waals surface area (Å²) in [4.78, 5) is 0. The zero-order valence-electron chi connectivity index (χ0n) is 10.1. The normalized spacial score (nSPS) is 11.8. The second-order valence-corrected chi connectivity index (χ2v) is 4.09. The smallest absolute Gasteiger partial charge is 0.131 e. The Balaban J connectivity index is 2.11. The molecule has 2 rings (SSSR count). The molecule has 0 radical (unpaired) electrons. The molecule has 2 aromatic rings. The lowest BCUT2D eigenvalue weighted by molar-refractivity contribution is 0.543. The molecule has 0 saturated heterocycles. The molecule has 0 saturated carbocycles. The number of rotatable bonds is 4. The molecule has 0 amide bonds. The van der Waals surface area contributed by atoms with Crippen LogP contribution in [0.15, 0.2) is 48.5 Å². The molecule has 0 aliphatic rings. The van der Waals surface area contributed by atoms with Crippen LogP contribution in [-0.2, 0) is 6.54 Å². The van der Waals surface area contributed by atoms with Crippen LogP contribution in [0.4, 0.5) is 8.78 Å². The SMILES string of the molecule is N#CC(NCc1ccccc1)c1ccc(F)cc1F. The van der Waals surface area contributed by atoms with Crippen LogP contribution in [0.1, 0.15) is 17.2 Å². The summed E-state index contributed by atoms with van der Waals surface area (Å²) < 4.78 is 26.4. The highest BCUT2D eigenvalue weighted by atomic mass is 19.1. The van der Waals surface area contributed by atoms with Gasteiger partial charge in [-0.25, -0.2) is 8.78 Å². The molecule has 2 aromatic carbocycles. The van der Waals surface area contributed by atoms with Gasteiger partial charge in [0.25, 0.3) is 0 Å². The Kier molecular flexibility index (Phi) is 4.22. The van der Waals surface area contributed by atoms with Crippen molar-refractivity contribution in [1.29, 1.82) is 5.26 Å². The van der Waals surface area contributed by atoms with Crippen molar-refractivity contribution < 1.29 is 8.78 Å². The van der Waals surface area contributed by atoms with Gasteiger partial charge in [-0.1, -0.05) is 36.4 Å². The summed E-state index contributed by atoms with van der Waals surface area (Å²) in [6.07, 6.45) is 0. The standard InChI is InChI=1S/C15H12F2N2/c16-12-6-7-13(14(17)8-12)15(9-18)19-10-11-4-2-1-3-5-11/h1-8,15,19H,10H2. The molecule has 0 aliphatic carbocycles. The molecular formula is C15H12F2N2. The van der Waals surface area contributed by atoms with E-state index in [-0.39, 0.29) is 5.56 Å². The second kappa shape index (κ2) is 6.07. The Morgan fingerprint density at radius 2 is 1.84 bits per heavy atom. The van der Waals surface area contributed by atoms with Gasteiger partial charge in [-0.15, -0.1) is 0 Å². The number of nitrogens with one attached hydrogen (secondary N) is 1. The van der Waals surface area contributed by atoms with Crippen molar-refractivity contribution in [3.63, 3.8) is 0 Å². The summed E-state index contributed by atoms with van der Waals surface area (Å²) >= 11 is 0. The van der Waals surface area contributed by atoms with Crippen LogP contribution in [0.25, 0.3) is 0 Å². The van der Waals surface area contributed by atoms with Gasteiger partial charge in [0.1, 0.15) is 17.7 Å². The summed E-state index contributed by atoms with van der Waals surface area (Å²) in [5, 5.41) is 12.0. The Morgan fingerprint density at radius 1 is 1.11 bits per heavy atom. The van der Waals surface area contributed by atoms with Crippen LogP contribution < -0.4 is 5.32 Å². The van der Waals surface area contributed by atoms with Crippen molar-refractivity contribution in [2.45, 2.75) is 12.6 Å². The minimum Gasteiger partial charge on any atom is -0.294 e. The van der Waals surface area contributed by atoms with Gasteiger partial charge < -0.3 is 0 Å². The van der Waals surface area contributed by atoms with E-state index in [1.54, 1.807) is 0 Å². The van der Waals surface area contributed by atoms with Gasteiger partial charge in [-0.2, -0.15) is 5.26 Å². The van der Waals surface area contributed by atoms with Crippen molar-refractivity contribution in [1.82, 2.24) is 5.32 Å². The van der Waals surface area contributed by atoms with Crippen molar-refractivity contribution in [3.05, 3.63) is 71.3 Å². The van der Waals surface area contributed by atoms with E-state index in [0.29, 0.717) is 6.54 Å². The highest BCUT2D eigenvalue weighted by Gasteiger charge is 2.15. The van der Waals surface area contributed by atoms with Gasteiger partial charge in [-0.05, 0) is 11.6 Å². The Labute approximate surface area is 110 Å². The summed E-state index contributed by atoms with van der Waals surface area (Å²) in [6, 6.07) is 13.9. The summed E-state index contributed by atoms with van der Waals surface area (Å²) in [7, 11) is 0. The fraction of sp³-hybridized carbons (Fsp3) is 0.133. The minimum absolute atomic E-state index is 0.153. The van der Waals surface area contributed by atoms with E-state index in [1.807, 2.05) is 36.4 Å². The average molecular weight is 258 g/mol. The first-order valence-electron chi connectivity index (χ1n) is 5.82. The first kappa shape index (κ1) is 13.2. The lowest BCUT2D eigenvalue weighted by Gasteiger charge is -2.12. The third-order valence-electron chi connectivity index (χ3n) is 2.76. The first-order valence-corrected chi connectivity index (χ1v) is 5.82. The fourth-order valence-corrected chi connectivity index (χ4v) is 1.78. The number of benzene rings is 2. The number of halogens is 2. The van der Waals surface area contributed by atoms with Gasteiger partial charge in [0.2, 0.25) is 0 Å². The van der Waals surface area contributed by atoms with Crippen LogP contribution >= 0.6 is 0 Å². The van der Waals surface area contributed by atoms with Crippen LogP contribution in [-0.4, -0.2) is 0 Å². The monoisotopic (exact) mass is 258 g/mol. The van der Waals surface area contributed by atoms with E-state index in [2.05, 4.69) is 5.32 Å². The average Bonchev–Trinajstić information content (AvgIpc) is 2.42. The molecule has 1 atom stereocenters.